The summed E-state index contributed by atoms with van der Waals surface area (Å²) in [5.74, 6) is -0.163. The van der Waals surface area contributed by atoms with Crippen LogP contribution in [0.5, 0.6) is 0 Å². The number of likely N-dealkylation sites (tertiary alicyclic amines) is 1. The molecule has 118 valence electrons. The molecule has 0 spiro atoms. The van der Waals surface area contributed by atoms with Crippen molar-refractivity contribution in [2.75, 3.05) is 13.1 Å². The largest absolute Gasteiger partial charge is 0.320 e. The quantitative estimate of drug-likeness (QED) is 0.857. The first-order valence-electron chi connectivity index (χ1n) is 8.41. The normalized spacial score (nSPS) is 21.0. The van der Waals surface area contributed by atoms with Gasteiger partial charge >= 0.3 is 0 Å². The standard InChI is InChI=1S/C18H29FN2/c1-3-12-18(20,15-10-6-7-11-16(15)19)17(4-2)21-13-8-5-9-14-21/h6-7,10-11,17H,3-5,8-9,12-14,20H2,1-2H3. The van der Waals surface area contributed by atoms with Gasteiger partial charge in [-0.3, -0.25) is 4.90 Å². The van der Waals surface area contributed by atoms with Gasteiger partial charge in [0.1, 0.15) is 5.82 Å². The molecule has 0 aliphatic carbocycles. The molecule has 0 amide bonds. The van der Waals surface area contributed by atoms with Crippen molar-refractivity contribution in [3.05, 3.63) is 35.6 Å². The first-order valence-corrected chi connectivity index (χ1v) is 8.41. The number of nitrogens with two attached hydrogens (primary N) is 1. The van der Waals surface area contributed by atoms with Gasteiger partial charge in [0.15, 0.2) is 0 Å². The molecule has 0 bridgehead atoms. The minimum atomic E-state index is -0.591. The predicted octanol–water partition coefficient (Wildman–Crippen LogP) is 4.04. The van der Waals surface area contributed by atoms with Crippen LogP contribution in [-0.2, 0) is 5.54 Å². The smallest absolute Gasteiger partial charge is 0.128 e. The highest BCUT2D eigenvalue weighted by atomic mass is 19.1. The average molecular weight is 292 g/mol. The summed E-state index contributed by atoms with van der Waals surface area (Å²) in [6.07, 6.45) is 6.52. The highest BCUT2D eigenvalue weighted by Crippen LogP contribution is 2.35. The van der Waals surface area contributed by atoms with E-state index in [0.717, 1.165) is 32.4 Å². The highest BCUT2D eigenvalue weighted by molar-refractivity contribution is 5.28. The van der Waals surface area contributed by atoms with Crippen molar-refractivity contribution in [1.29, 1.82) is 0 Å². The molecule has 2 unspecified atom stereocenters. The summed E-state index contributed by atoms with van der Waals surface area (Å²) < 4.78 is 14.4. The molecule has 1 saturated heterocycles. The van der Waals surface area contributed by atoms with Gasteiger partial charge in [-0.2, -0.15) is 0 Å². The topological polar surface area (TPSA) is 29.3 Å². The summed E-state index contributed by atoms with van der Waals surface area (Å²) in [4.78, 5) is 2.49. The molecule has 2 N–H and O–H groups in total. The van der Waals surface area contributed by atoms with Crippen molar-refractivity contribution in [1.82, 2.24) is 4.90 Å². The van der Waals surface area contributed by atoms with E-state index in [4.69, 9.17) is 5.73 Å². The Hall–Kier alpha value is -0.930. The van der Waals surface area contributed by atoms with Gasteiger partial charge in [-0.1, -0.05) is 44.9 Å². The van der Waals surface area contributed by atoms with Crippen LogP contribution in [0.15, 0.2) is 24.3 Å². The molecule has 0 radical (unpaired) electrons. The molecule has 1 aromatic rings. The maximum Gasteiger partial charge on any atom is 0.128 e. The van der Waals surface area contributed by atoms with Gasteiger partial charge in [0, 0.05) is 11.6 Å². The molecule has 1 aromatic carbocycles. The molecule has 0 aromatic heterocycles. The van der Waals surface area contributed by atoms with E-state index >= 15 is 0 Å². The molecule has 21 heavy (non-hydrogen) atoms. The summed E-state index contributed by atoms with van der Waals surface area (Å²) in [5, 5.41) is 0. The lowest BCUT2D eigenvalue weighted by atomic mass is 9.77. The monoisotopic (exact) mass is 292 g/mol. The molecule has 0 saturated carbocycles. The van der Waals surface area contributed by atoms with Crippen LogP contribution in [0.4, 0.5) is 4.39 Å². The highest BCUT2D eigenvalue weighted by Gasteiger charge is 2.40. The molecule has 1 aliphatic rings. The van der Waals surface area contributed by atoms with Gasteiger partial charge in [0.25, 0.3) is 0 Å². The number of nitrogens with zero attached hydrogens (tertiary/aromatic N) is 1. The fourth-order valence-corrected chi connectivity index (χ4v) is 3.91. The summed E-state index contributed by atoms with van der Waals surface area (Å²) in [5.41, 5.74) is 6.93. The van der Waals surface area contributed by atoms with Crippen molar-refractivity contribution in [2.45, 2.75) is 64.0 Å². The van der Waals surface area contributed by atoms with Crippen LogP contribution in [0.1, 0.15) is 57.9 Å². The van der Waals surface area contributed by atoms with Gasteiger partial charge in [0.05, 0.1) is 5.54 Å². The van der Waals surface area contributed by atoms with Crippen LogP contribution >= 0.6 is 0 Å². The Morgan fingerprint density at radius 3 is 2.43 bits per heavy atom. The van der Waals surface area contributed by atoms with E-state index in [1.165, 1.54) is 25.3 Å². The Balaban J connectivity index is 2.36. The third kappa shape index (κ3) is 3.46. The molecule has 2 atom stereocenters. The minimum Gasteiger partial charge on any atom is -0.320 e. The molecular formula is C18H29FN2. The van der Waals surface area contributed by atoms with E-state index in [1.54, 1.807) is 6.07 Å². The van der Waals surface area contributed by atoms with Crippen LogP contribution in [0.2, 0.25) is 0 Å². The fraction of sp³-hybridized carbons (Fsp3) is 0.667. The van der Waals surface area contributed by atoms with Crippen LogP contribution in [-0.4, -0.2) is 24.0 Å². The van der Waals surface area contributed by atoms with Crippen LogP contribution in [0.25, 0.3) is 0 Å². The molecule has 3 heteroatoms. The lowest BCUT2D eigenvalue weighted by Crippen LogP contribution is -2.57. The van der Waals surface area contributed by atoms with E-state index in [0.29, 0.717) is 5.56 Å². The Morgan fingerprint density at radius 2 is 1.86 bits per heavy atom. The van der Waals surface area contributed by atoms with Gasteiger partial charge in [-0.05, 0) is 44.8 Å². The lowest BCUT2D eigenvalue weighted by Gasteiger charge is -2.45. The molecule has 2 rings (SSSR count). The molecule has 2 nitrogen and oxygen atoms in total. The fourth-order valence-electron chi connectivity index (χ4n) is 3.91. The van der Waals surface area contributed by atoms with Crippen molar-refractivity contribution in [3.8, 4) is 0 Å². The molecular weight excluding hydrogens is 263 g/mol. The van der Waals surface area contributed by atoms with E-state index in [1.807, 2.05) is 12.1 Å². The van der Waals surface area contributed by atoms with Gasteiger partial charge in [0.2, 0.25) is 0 Å². The SMILES string of the molecule is CCCC(N)(c1ccccc1F)C(CC)N1CCCCC1. The minimum absolute atomic E-state index is 0.163. The number of benzene rings is 1. The lowest BCUT2D eigenvalue weighted by molar-refractivity contribution is 0.0851. The first kappa shape index (κ1) is 16.4. The van der Waals surface area contributed by atoms with Crippen molar-refractivity contribution in [2.24, 2.45) is 5.73 Å². The van der Waals surface area contributed by atoms with E-state index in [-0.39, 0.29) is 11.9 Å². The Kier molecular flexibility index (Phi) is 5.77. The van der Waals surface area contributed by atoms with Crippen molar-refractivity contribution >= 4 is 0 Å². The average Bonchev–Trinajstić information content (AvgIpc) is 2.49. The number of hydrogen-bond acceptors (Lipinski definition) is 2. The van der Waals surface area contributed by atoms with Crippen molar-refractivity contribution in [3.63, 3.8) is 0 Å². The third-order valence-corrected chi connectivity index (χ3v) is 4.85. The Labute approximate surface area is 128 Å². The van der Waals surface area contributed by atoms with Crippen LogP contribution in [0.3, 0.4) is 0 Å². The van der Waals surface area contributed by atoms with Crippen molar-refractivity contribution < 1.29 is 4.39 Å². The third-order valence-electron chi connectivity index (χ3n) is 4.85. The number of hydrogen-bond donors (Lipinski definition) is 1. The summed E-state index contributed by atoms with van der Waals surface area (Å²) in [6, 6.07) is 7.27. The summed E-state index contributed by atoms with van der Waals surface area (Å²) >= 11 is 0. The van der Waals surface area contributed by atoms with Gasteiger partial charge in [-0.15, -0.1) is 0 Å². The summed E-state index contributed by atoms with van der Waals surface area (Å²) in [6.45, 7) is 6.49. The van der Waals surface area contributed by atoms with E-state index < -0.39 is 5.54 Å². The summed E-state index contributed by atoms with van der Waals surface area (Å²) in [7, 11) is 0. The second-order valence-electron chi connectivity index (χ2n) is 6.29. The Morgan fingerprint density at radius 1 is 1.19 bits per heavy atom. The van der Waals surface area contributed by atoms with Gasteiger partial charge < -0.3 is 5.73 Å². The van der Waals surface area contributed by atoms with E-state index in [9.17, 15) is 4.39 Å². The predicted molar refractivity (Wildman–Crippen MR) is 86.7 cm³/mol. The first-order chi connectivity index (χ1) is 10.1. The van der Waals surface area contributed by atoms with Crippen LogP contribution in [0, 0.1) is 5.82 Å². The maximum atomic E-state index is 14.4. The van der Waals surface area contributed by atoms with Crippen LogP contribution < -0.4 is 5.73 Å². The molecule has 1 aliphatic heterocycles. The van der Waals surface area contributed by atoms with Gasteiger partial charge in [-0.25, -0.2) is 4.39 Å². The second kappa shape index (κ2) is 7.37. The number of halogens is 1. The number of rotatable bonds is 6. The second-order valence-corrected chi connectivity index (χ2v) is 6.29. The number of piperidine rings is 1. The molecule has 1 fully saturated rings. The maximum absolute atomic E-state index is 14.4. The zero-order valence-electron chi connectivity index (χ0n) is 13.4. The Bertz CT molecular complexity index is 443. The zero-order valence-corrected chi connectivity index (χ0v) is 13.4. The van der Waals surface area contributed by atoms with E-state index in [2.05, 4.69) is 18.7 Å². The zero-order chi connectivity index (χ0) is 15.3. The molecule has 1 heterocycles.